The maximum atomic E-state index is 11.5. The van der Waals surface area contributed by atoms with Crippen LogP contribution in [-0.4, -0.2) is 20.3 Å². The number of nitrogens with two attached hydrogens (primary N) is 1. The Morgan fingerprint density at radius 2 is 2.25 bits per heavy atom. The van der Waals surface area contributed by atoms with Gasteiger partial charge in [-0.25, -0.2) is 9.89 Å². The molecular weight excluding hydrogens is 280 g/mol. The van der Waals surface area contributed by atoms with E-state index in [0.29, 0.717) is 16.5 Å². The van der Waals surface area contributed by atoms with Crippen LogP contribution in [0.15, 0.2) is 38.6 Å². The molecule has 0 radical (unpaired) electrons. The molecule has 3 aromatic rings. The maximum Gasteiger partial charge on any atom is 0.336 e. The van der Waals surface area contributed by atoms with E-state index in [9.17, 15) is 9.90 Å². The third kappa shape index (κ3) is 2.45. The number of phenols is 1. The average Bonchev–Trinajstić information content (AvgIpc) is 2.81. The Labute approximate surface area is 116 Å². The van der Waals surface area contributed by atoms with Gasteiger partial charge in [0, 0.05) is 23.3 Å². The molecule has 0 saturated carbocycles. The second-order valence-electron chi connectivity index (χ2n) is 4.06. The van der Waals surface area contributed by atoms with Gasteiger partial charge in [0.2, 0.25) is 11.1 Å². The first-order chi connectivity index (χ1) is 9.61. The van der Waals surface area contributed by atoms with Crippen molar-refractivity contribution in [2.45, 2.75) is 10.9 Å². The molecule has 0 unspecified atom stereocenters. The third-order valence-corrected chi connectivity index (χ3v) is 3.55. The van der Waals surface area contributed by atoms with Crippen LogP contribution in [0, 0.1) is 0 Å². The summed E-state index contributed by atoms with van der Waals surface area (Å²) in [6.45, 7) is 0. The number of aromatic amines is 1. The molecule has 20 heavy (non-hydrogen) atoms. The summed E-state index contributed by atoms with van der Waals surface area (Å²) >= 11 is 1.35. The third-order valence-electron chi connectivity index (χ3n) is 2.65. The monoisotopic (exact) mass is 290 g/mol. The number of nitrogen functional groups attached to an aromatic ring is 1. The van der Waals surface area contributed by atoms with Gasteiger partial charge in [0.25, 0.3) is 0 Å². The summed E-state index contributed by atoms with van der Waals surface area (Å²) < 4.78 is 5.06. The van der Waals surface area contributed by atoms with E-state index in [1.807, 2.05) is 0 Å². The highest BCUT2D eigenvalue weighted by molar-refractivity contribution is 7.98. The Kier molecular flexibility index (Phi) is 3.07. The molecule has 1 aromatic carbocycles. The number of aromatic hydroxyl groups is 1. The first-order valence-electron chi connectivity index (χ1n) is 5.68. The van der Waals surface area contributed by atoms with Crippen molar-refractivity contribution >= 4 is 28.7 Å². The van der Waals surface area contributed by atoms with Gasteiger partial charge in [-0.2, -0.15) is 4.98 Å². The number of phenolic OH excluding ortho intramolecular Hbond substituents is 1. The van der Waals surface area contributed by atoms with E-state index < -0.39 is 5.63 Å². The normalized spacial score (nSPS) is 11.0. The SMILES string of the molecule is Nc1nc(SCc2cc(=O)oc3cc(O)ccc23)n[nH]1. The predicted molar refractivity (Wildman–Crippen MR) is 74.5 cm³/mol. The first-order valence-corrected chi connectivity index (χ1v) is 6.67. The van der Waals surface area contributed by atoms with Gasteiger partial charge in [0.1, 0.15) is 11.3 Å². The van der Waals surface area contributed by atoms with Crippen LogP contribution in [0.5, 0.6) is 5.75 Å². The highest BCUT2D eigenvalue weighted by atomic mass is 32.2. The quantitative estimate of drug-likeness (QED) is 0.494. The molecule has 0 aliphatic carbocycles. The van der Waals surface area contributed by atoms with Gasteiger partial charge >= 0.3 is 5.63 Å². The second-order valence-corrected chi connectivity index (χ2v) is 5.01. The standard InChI is InChI=1S/C12H10N4O3S/c13-11-14-12(16-15-11)20-5-6-3-10(18)19-9-4-7(17)1-2-8(6)9/h1-4,17H,5H2,(H3,13,14,15,16). The predicted octanol–water partition coefficient (Wildman–Crippen LogP) is 1.49. The van der Waals surface area contributed by atoms with Crippen molar-refractivity contribution in [2.75, 3.05) is 5.73 Å². The number of aromatic nitrogens is 3. The molecule has 0 atom stereocenters. The Bertz CT molecular complexity index is 827. The fraction of sp³-hybridized carbons (Fsp3) is 0.0833. The number of rotatable bonds is 3. The van der Waals surface area contributed by atoms with Gasteiger partial charge in [-0.15, -0.1) is 5.10 Å². The second kappa shape index (κ2) is 4.89. The van der Waals surface area contributed by atoms with Crippen molar-refractivity contribution in [3.05, 3.63) is 40.2 Å². The minimum absolute atomic E-state index is 0.0483. The summed E-state index contributed by atoms with van der Waals surface area (Å²) in [5, 5.41) is 17.1. The van der Waals surface area contributed by atoms with Gasteiger partial charge in [0.05, 0.1) is 0 Å². The van der Waals surface area contributed by atoms with Crippen LogP contribution in [0.1, 0.15) is 5.56 Å². The molecule has 2 heterocycles. The van der Waals surface area contributed by atoms with Gasteiger partial charge in [-0.3, -0.25) is 0 Å². The average molecular weight is 290 g/mol. The topological polar surface area (TPSA) is 118 Å². The van der Waals surface area contributed by atoms with E-state index in [4.69, 9.17) is 10.2 Å². The summed E-state index contributed by atoms with van der Waals surface area (Å²) in [6, 6.07) is 6.08. The summed E-state index contributed by atoms with van der Waals surface area (Å²) in [5.74, 6) is 0.784. The Morgan fingerprint density at radius 1 is 1.40 bits per heavy atom. The summed E-state index contributed by atoms with van der Waals surface area (Å²) in [7, 11) is 0. The van der Waals surface area contributed by atoms with Crippen molar-refractivity contribution in [3.63, 3.8) is 0 Å². The van der Waals surface area contributed by atoms with Crippen LogP contribution >= 0.6 is 11.8 Å². The fourth-order valence-electron chi connectivity index (χ4n) is 1.80. The van der Waals surface area contributed by atoms with Crippen LogP contribution in [-0.2, 0) is 5.75 Å². The Morgan fingerprint density at radius 3 is 3.00 bits per heavy atom. The first kappa shape index (κ1) is 12.5. The van der Waals surface area contributed by atoms with Gasteiger partial charge in [-0.05, 0) is 17.7 Å². The summed E-state index contributed by atoms with van der Waals surface area (Å²) in [4.78, 5) is 15.5. The highest BCUT2D eigenvalue weighted by Gasteiger charge is 2.09. The maximum absolute atomic E-state index is 11.5. The van der Waals surface area contributed by atoms with E-state index in [1.165, 1.54) is 23.9 Å². The summed E-state index contributed by atoms with van der Waals surface area (Å²) in [5.41, 5.74) is 6.11. The van der Waals surface area contributed by atoms with Crippen LogP contribution in [0.2, 0.25) is 0 Å². The molecule has 0 saturated heterocycles. The molecule has 2 aromatic heterocycles. The van der Waals surface area contributed by atoms with Crippen LogP contribution in [0.25, 0.3) is 11.0 Å². The Balaban J connectivity index is 1.96. The minimum atomic E-state index is -0.465. The van der Waals surface area contributed by atoms with Gasteiger partial charge < -0.3 is 15.3 Å². The lowest BCUT2D eigenvalue weighted by molar-refractivity contribution is 0.473. The molecule has 0 aliphatic rings. The van der Waals surface area contributed by atoms with Gasteiger partial charge in [0.15, 0.2) is 0 Å². The Hall–Kier alpha value is -2.48. The number of hydrogen-bond acceptors (Lipinski definition) is 7. The highest BCUT2D eigenvalue weighted by Crippen LogP contribution is 2.26. The van der Waals surface area contributed by atoms with Crippen molar-refractivity contribution in [1.29, 1.82) is 0 Å². The van der Waals surface area contributed by atoms with E-state index in [-0.39, 0.29) is 11.7 Å². The number of H-pyrrole nitrogens is 1. The molecule has 0 aliphatic heterocycles. The number of nitrogens with zero attached hydrogens (tertiary/aromatic N) is 2. The van der Waals surface area contributed by atoms with E-state index in [2.05, 4.69) is 15.2 Å². The number of fused-ring (bicyclic) bond motifs is 1. The number of anilines is 1. The van der Waals surface area contributed by atoms with E-state index in [0.717, 1.165) is 10.9 Å². The number of hydrogen-bond donors (Lipinski definition) is 3. The zero-order chi connectivity index (χ0) is 14.1. The van der Waals surface area contributed by atoms with Crippen molar-refractivity contribution in [2.24, 2.45) is 0 Å². The van der Waals surface area contributed by atoms with Crippen LogP contribution < -0.4 is 11.4 Å². The molecule has 7 nitrogen and oxygen atoms in total. The molecule has 3 rings (SSSR count). The lowest BCUT2D eigenvalue weighted by Crippen LogP contribution is -1.99. The smallest absolute Gasteiger partial charge is 0.336 e. The van der Waals surface area contributed by atoms with Crippen molar-refractivity contribution in [1.82, 2.24) is 15.2 Å². The molecule has 0 fully saturated rings. The van der Waals surface area contributed by atoms with Gasteiger partial charge in [-0.1, -0.05) is 11.8 Å². The number of thioether (sulfide) groups is 1. The lowest BCUT2D eigenvalue weighted by atomic mass is 10.1. The largest absolute Gasteiger partial charge is 0.508 e. The molecule has 102 valence electrons. The van der Waals surface area contributed by atoms with Crippen molar-refractivity contribution in [3.8, 4) is 5.75 Å². The molecule has 8 heteroatoms. The molecule has 0 bridgehead atoms. The number of nitrogens with one attached hydrogen (secondary N) is 1. The van der Waals surface area contributed by atoms with Crippen LogP contribution in [0.4, 0.5) is 5.95 Å². The number of benzene rings is 1. The molecule has 4 N–H and O–H groups in total. The molecule has 0 spiro atoms. The van der Waals surface area contributed by atoms with Crippen molar-refractivity contribution < 1.29 is 9.52 Å². The zero-order valence-corrected chi connectivity index (χ0v) is 11.0. The lowest BCUT2D eigenvalue weighted by Gasteiger charge is -2.04. The minimum Gasteiger partial charge on any atom is -0.508 e. The van der Waals surface area contributed by atoms with Crippen LogP contribution in [0.3, 0.4) is 0 Å². The fourth-order valence-corrected chi connectivity index (χ4v) is 2.60. The van der Waals surface area contributed by atoms with E-state index in [1.54, 1.807) is 12.1 Å². The zero-order valence-electron chi connectivity index (χ0n) is 10.2. The van der Waals surface area contributed by atoms with E-state index >= 15 is 0 Å². The molecular formula is C12H10N4O3S. The molecule has 0 amide bonds. The summed E-state index contributed by atoms with van der Waals surface area (Å²) in [6.07, 6.45) is 0.